The van der Waals surface area contributed by atoms with Gasteiger partial charge in [-0.3, -0.25) is 4.79 Å². The summed E-state index contributed by atoms with van der Waals surface area (Å²) >= 11 is 0. The summed E-state index contributed by atoms with van der Waals surface area (Å²) in [6, 6.07) is 14.8. The molecule has 2 aromatic carbocycles. The summed E-state index contributed by atoms with van der Waals surface area (Å²) in [7, 11) is 0. The van der Waals surface area contributed by atoms with E-state index in [1.54, 1.807) is 12.1 Å². The number of halogens is 3. The van der Waals surface area contributed by atoms with Crippen LogP contribution in [0.3, 0.4) is 0 Å². The van der Waals surface area contributed by atoms with Crippen LogP contribution < -0.4 is 15.8 Å². The van der Waals surface area contributed by atoms with E-state index < -0.39 is 18.8 Å². The van der Waals surface area contributed by atoms with Crippen LogP contribution in [-0.4, -0.2) is 24.7 Å². The van der Waals surface area contributed by atoms with Gasteiger partial charge in [-0.15, -0.1) is 0 Å². The van der Waals surface area contributed by atoms with Crippen molar-refractivity contribution in [3.8, 4) is 5.75 Å². The van der Waals surface area contributed by atoms with E-state index in [2.05, 4.69) is 10.1 Å². The molecule has 0 saturated heterocycles. The van der Waals surface area contributed by atoms with E-state index >= 15 is 0 Å². The third-order valence-corrected chi connectivity index (χ3v) is 3.43. The molecular formula is C18H19F3N2O2. The van der Waals surface area contributed by atoms with Crippen molar-refractivity contribution < 1.29 is 22.7 Å². The fourth-order valence-corrected chi connectivity index (χ4v) is 2.15. The molecule has 2 aromatic rings. The highest BCUT2D eigenvalue weighted by Gasteiger charge is 2.28. The number of hydrogen-bond donors (Lipinski definition) is 2. The quantitative estimate of drug-likeness (QED) is 0.805. The standard InChI is InChI=1S/C18H19F3N2O2/c19-18(20,21)12-25-15-8-6-14(7-9-15)11-23-17(24)16(22)10-13-4-2-1-3-5-13/h1-9,16H,10-12,22H2,(H,23,24)/t16-/m0/s1. The van der Waals surface area contributed by atoms with Gasteiger partial charge in [-0.1, -0.05) is 42.5 Å². The molecule has 0 radical (unpaired) electrons. The molecule has 0 bridgehead atoms. The molecule has 0 aliphatic rings. The maximum atomic E-state index is 12.1. The number of alkyl halides is 3. The highest BCUT2D eigenvalue weighted by atomic mass is 19.4. The minimum Gasteiger partial charge on any atom is -0.484 e. The average Bonchev–Trinajstić information content (AvgIpc) is 2.59. The Hall–Kier alpha value is -2.54. The first-order chi connectivity index (χ1) is 11.8. The molecular weight excluding hydrogens is 333 g/mol. The Balaban J connectivity index is 1.79. The molecule has 0 heterocycles. The molecule has 0 fully saturated rings. The first kappa shape index (κ1) is 18.8. The van der Waals surface area contributed by atoms with E-state index in [-0.39, 0.29) is 18.2 Å². The van der Waals surface area contributed by atoms with E-state index in [9.17, 15) is 18.0 Å². The van der Waals surface area contributed by atoms with Gasteiger partial charge in [0.2, 0.25) is 5.91 Å². The lowest BCUT2D eigenvalue weighted by molar-refractivity contribution is -0.153. The molecule has 1 atom stereocenters. The summed E-state index contributed by atoms with van der Waals surface area (Å²) in [4.78, 5) is 12.0. The number of amides is 1. The van der Waals surface area contributed by atoms with Crippen LogP contribution in [0.2, 0.25) is 0 Å². The van der Waals surface area contributed by atoms with Crippen molar-refractivity contribution in [2.45, 2.75) is 25.2 Å². The van der Waals surface area contributed by atoms with Crippen LogP contribution >= 0.6 is 0 Å². The number of carbonyl (C=O) groups is 1. The van der Waals surface area contributed by atoms with Crippen LogP contribution in [0.4, 0.5) is 13.2 Å². The zero-order valence-corrected chi connectivity index (χ0v) is 13.4. The molecule has 134 valence electrons. The number of nitrogens with two attached hydrogens (primary N) is 1. The van der Waals surface area contributed by atoms with Gasteiger partial charge in [0, 0.05) is 6.54 Å². The Morgan fingerprint density at radius 3 is 2.28 bits per heavy atom. The van der Waals surface area contributed by atoms with Crippen LogP contribution in [0.5, 0.6) is 5.75 Å². The summed E-state index contributed by atoms with van der Waals surface area (Å²) in [5.41, 5.74) is 7.58. The maximum Gasteiger partial charge on any atom is 0.422 e. The van der Waals surface area contributed by atoms with Gasteiger partial charge in [-0.05, 0) is 29.7 Å². The summed E-state index contributed by atoms with van der Waals surface area (Å²) in [5, 5.41) is 2.71. The number of ether oxygens (including phenoxy) is 1. The van der Waals surface area contributed by atoms with E-state index in [1.165, 1.54) is 12.1 Å². The number of nitrogens with one attached hydrogen (secondary N) is 1. The van der Waals surface area contributed by atoms with Crippen LogP contribution in [0.15, 0.2) is 54.6 Å². The van der Waals surface area contributed by atoms with Crippen molar-refractivity contribution in [3.05, 3.63) is 65.7 Å². The highest BCUT2D eigenvalue weighted by molar-refractivity contribution is 5.81. The van der Waals surface area contributed by atoms with Crippen molar-refractivity contribution in [2.75, 3.05) is 6.61 Å². The Morgan fingerprint density at radius 2 is 1.68 bits per heavy atom. The molecule has 1 amide bonds. The van der Waals surface area contributed by atoms with Gasteiger partial charge in [0.25, 0.3) is 0 Å². The summed E-state index contributed by atoms with van der Waals surface area (Å²) in [5.74, 6) is -0.172. The molecule has 7 heteroatoms. The lowest BCUT2D eigenvalue weighted by Gasteiger charge is -2.13. The Kier molecular flexibility index (Phi) is 6.41. The second-order valence-corrected chi connectivity index (χ2v) is 5.56. The van der Waals surface area contributed by atoms with Gasteiger partial charge in [0.05, 0.1) is 6.04 Å². The van der Waals surface area contributed by atoms with Crippen LogP contribution in [0.1, 0.15) is 11.1 Å². The molecule has 0 aliphatic carbocycles. The SMILES string of the molecule is N[C@@H](Cc1ccccc1)C(=O)NCc1ccc(OCC(F)(F)F)cc1. The second-order valence-electron chi connectivity index (χ2n) is 5.56. The molecule has 0 unspecified atom stereocenters. The highest BCUT2D eigenvalue weighted by Crippen LogP contribution is 2.18. The number of hydrogen-bond acceptors (Lipinski definition) is 3. The summed E-state index contributed by atoms with van der Waals surface area (Å²) < 4.78 is 40.9. The summed E-state index contributed by atoms with van der Waals surface area (Å²) in [6.07, 6.45) is -3.95. The predicted octanol–water partition coefficient (Wildman–Crippen LogP) is 2.81. The fourth-order valence-electron chi connectivity index (χ4n) is 2.15. The fraction of sp³-hybridized carbons (Fsp3) is 0.278. The third kappa shape index (κ3) is 6.84. The van der Waals surface area contributed by atoms with E-state index in [1.807, 2.05) is 30.3 Å². The van der Waals surface area contributed by atoms with Crippen LogP contribution in [0.25, 0.3) is 0 Å². The normalized spacial score (nSPS) is 12.5. The van der Waals surface area contributed by atoms with Crippen molar-refractivity contribution >= 4 is 5.91 Å². The van der Waals surface area contributed by atoms with Gasteiger partial charge in [0.15, 0.2) is 6.61 Å². The van der Waals surface area contributed by atoms with Crippen LogP contribution in [-0.2, 0) is 17.8 Å². The van der Waals surface area contributed by atoms with Gasteiger partial charge in [0.1, 0.15) is 5.75 Å². The van der Waals surface area contributed by atoms with Gasteiger partial charge >= 0.3 is 6.18 Å². The number of carbonyl (C=O) groups excluding carboxylic acids is 1. The predicted molar refractivity (Wildman–Crippen MR) is 88.0 cm³/mol. The zero-order valence-electron chi connectivity index (χ0n) is 13.4. The Labute approximate surface area is 143 Å². The summed E-state index contributed by atoms with van der Waals surface area (Å²) in [6.45, 7) is -1.10. The molecule has 2 rings (SSSR count). The molecule has 0 spiro atoms. The minimum atomic E-state index is -4.37. The molecule has 25 heavy (non-hydrogen) atoms. The third-order valence-electron chi connectivity index (χ3n) is 3.43. The first-order valence-corrected chi connectivity index (χ1v) is 7.69. The number of benzene rings is 2. The van der Waals surface area contributed by atoms with Crippen molar-refractivity contribution in [2.24, 2.45) is 5.73 Å². The van der Waals surface area contributed by atoms with Crippen molar-refractivity contribution in [1.29, 1.82) is 0 Å². The van der Waals surface area contributed by atoms with E-state index in [4.69, 9.17) is 5.73 Å². The Bertz CT molecular complexity index is 673. The average molecular weight is 352 g/mol. The second kappa shape index (κ2) is 8.53. The smallest absolute Gasteiger partial charge is 0.422 e. The largest absolute Gasteiger partial charge is 0.484 e. The minimum absolute atomic E-state index is 0.119. The van der Waals surface area contributed by atoms with Crippen molar-refractivity contribution in [1.82, 2.24) is 5.32 Å². The molecule has 0 saturated carbocycles. The molecule has 4 nitrogen and oxygen atoms in total. The van der Waals surface area contributed by atoms with E-state index in [0.717, 1.165) is 11.1 Å². The lowest BCUT2D eigenvalue weighted by Crippen LogP contribution is -2.41. The van der Waals surface area contributed by atoms with Gasteiger partial charge in [-0.2, -0.15) is 13.2 Å². The molecule has 0 aliphatic heterocycles. The maximum absolute atomic E-state index is 12.1. The topological polar surface area (TPSA) is 64.4 Å². The molecule has 0 aromatic heterocycles. The lowest BCUT2D eigenvalue weighted by atomic mass is 10.1. The number of rotatable bonds is 7. The molecule has 3 N–H and O–H groups in total. The Morgan fingerprint density at radius 1 is 1.04 bits per heavy atom. The van der Waals surface area contributed by atoms with Crippen molar-refractivity contribution in [3.63, 3.8) is 0 Å². The monoisotopic (exact) mass is 352 g/mol. The van der Waals surface area contributed by atoms with Gasteiger partial charge in [-0.25, -0.2) is 0 Å². The first-order valence-electron chi connectivity index (χ1n) is 7.69. The van der Waals surface area contributed by atoms with E-state index in [0.29, 0.717) is 6.42 Å². The zero-order chi connectivity index (χ0) is 18.3. The van der Waals surface area contributed by atoms with Gasteiger partial charge < -0.3 is 15.8 Å². The van der Waals surface area contributed by atoms with Crippen LogP contribution in [0, 0.1) is 0 Å².